The van der Waals surface area contributed by atoms with Crippen molar-refractivity contribution in [2.45, 2.75) is 18.9 Å². The van der Waals surface area contributed by atoms with E-state index in [1.807, 2.05) is 6.92 Å². The third-order valence-electron chi connectivity index (χ3n) is 3.18. The summed E-state index contributed by atoms with van der Waals surface area (Å²) in [4.78, 5) is 12.1. The van der Waals surface area contributed by atoms with Gasteiger partial charge in [-0.3, -0.25) is 4.79 Å². The van der Waals surface area contributed by atoms with Crippen molar-refractivity contribution in [2.75, 3.05) is 13.2 Å². The highest BCUT2D eigenvalue weighted by molar-refractivity contribution is 5.99. The molecule has 1 fully saturated rings. The Labute approximate surface area is 111 Å². The van der Waals surface area contributed by atoms with E-state index in [-0.39, 0.29) is 17.3 Å². The van der Waals surface area contributed by atoms with Crippen LogP contribution in [0.3, 0.4) is 0 Å². The lowest BCUT2D eigenvalue weighted by atomic mass is 10.0. The number of amidine groups is 1. The van der Waals surface area contributed by atoms with E-state index >= 15 is 0 Å². The summed E-state index contributed by atoms with van der Waals surface area (Å²) in [5.74, 6) is -0.137. The molecule has 0 saturated carbocycles. The molecule has 1 unspecified atom stereocenters. The smallest absolute Gasteiger partial charge is 0.251 e. The topological polar surface area (TPSA) is 96.9 Å². The largest absolute Gasteiger partial charge is 0.409 e. The third kappa shape index (κ3) is 3.03. The van der Waals surface area contributed by atoms with Gasteiger partial charge in [-0.25, -0.2) is 0 Å². The van der Waals surface area contributed by atoms with E-state index in [1.54, 1.807) is 24.3 Å². The fourth-order valence-electron chi connectivity index (χ4n) is 1.96. The maximum Gasteiger partial charge on any atom is 0.251 e. The maximum absolute atomic E-state index is 12.1. The van der Waals surface area contributed by atoms with Gasteiger partial charge in [0.1, 0.15) is 0 Å². The first-order valence-electron chi connectivity index (χ1n) is 6.02. The molecule has 1 aromatic rings. The van der Waals surface area contributed by atoms with Crippen molar-refractivity contribution in [1.29, 1.82) is 0 Å². The summed E-state index contributed by atoms with van der Waals surface area (Å²) in [6.07, 6.45) is 0.806. The minimum Gasteiger partial charge on any atom is -0.409 e. The monoisotopic (exact) mass is 263 g/mol. The van der Waals surface area contributed by atoms with E-state index in [1.165, 1.54) is 0 Å². The maximum atomic E-state index is 12.1. The van der Waals surface area contributed by atoms with Gasteiger partial charge in [-0.15, -0.1) is 0 Å². The first kappa shape index (κ1) is 13.4. The molecule has 1 aliphatic rings. The Kier molecular flexibility index (Phi) is 3.71. The average molecular weight is 263 g/mol. The van der Waals surface area contributed by atoms with Gasteiger partial charge in [0, 0.05) is 17.7 Å². The number of amides is 1. The number of carbonyl (C=O) groups excluding carboxylic acids is 1. The summed E-state index contributed by atoms with van der Waals surface area (Å²) < 4.78 is 5.29. The summed E-state index contributed by atoms with van der Waals surface area (Å²) >= 11 is 0. The van der Waals surface area contributed by atoms with Gasteiger partial charge in [0.2, 0.25) is 0 Å². The van der Waals surface area contributed by atoms with Crippen LogP contribution < -0.4 is 11.1 Å². The molecule has 0 aliphatic carbocycles. The number of nitrogens with one attached hydrogen (secondary N) is 1. The second-order valence-corrected chi connectivity index (χ2v) is 4.88. The lowest BCUT2D eigenvalue weighted by molar-refractivity contribution is 0.0890. The fourth-order valence-corrected chi connectivity index (χ4v) is 1.96. The van der Waals surface area contributed by atoms with E-state index in [9.17, 15) is 4.79 Å². The Morgan fingerprint density at radius 2 is 2.05 bits per heavy atom. The first-order chi connectivity index (χ1) is 9.04. The SMILES string of the molecule is CC1(NC(=O)c2ccc(/C(N)=N/O)cc2)CCOC1. The standard InChI is InChI=1S/C13H17N3O3/c1-13(6-7-19-8-13)15-12(17)10-4-2-9(3-5-10)11(14)16-18/h2-5,18H,6-8H2,1H3,(H2,14,16)(H,15,17). The molecule has 4 N–H and O–H groups in total. The van der Waals surface area contributed by atoms with Crippen LogP contribution in [0.2, 0.25) is 0 Å². The predicted molar refractivity (Wildman–Crippen MR) is 70.3 cm³/mol. The highest BCUT2D eigenvalue weighted by Gasteiger charge is 2.31. The summed E-state index contributed by atoms with van der Waals surface area (Å²) in [5, 5.41) is 14.4. The van der Waals surface area contributed by atoms with Crippen LogP contribution in [0.25, 0.3) is 0 Å². The summed E-state index contributed by atoms with van der Waals surface area (Å²) in [6.45, 7) is 3.16. The van der Waals surface area contributed by atoms with Crippen molar-refractivity contribution in [3.63, 3.8) is 0 Å². The van der Waals surface area contributed by atoms with Crippen LogP contribution in [0.1, 0.15) is 29.3 Å². The number of ether oxygens (including phenoxy) is 1. The number of nitrogens with two attached hydrogens (primary N) is 1. The molecule has 1 aliphatic heterocycles. The van der Waals surface area contributed by atoms with Crippen molar-refractivity contribution in [3.8, 4) is 0 Å². The number of hydrogen-bond donors (Lipinski definition) is 3. The van der Waals surface area contributed by atoms with E-state index in [0.29, 0.717) is 24.3 Å². The van der Waals surface area contributed by atoms with Gasteiger partial charge >= 0.3 is 0 Å². The number of carbonyl (C=O) groups is 1. The Balaban J connectivity index is 2.07. The molecule has 1 amide bonds. The third-order valence-corrected chi connectivity index (χ3v) is 3.18. The summed E-state index contributed by atoms with van der Waals surface area (Å²) in [5.41, 5.74) is 6.25. The molecule has 1 saturated heterocycles. The van der Waals surface area contributed by atoms with E-state index in [4.69, 9.17) is 15.7 Å². The number of hydrogen-bond acceptors (Lipinski definition) is 4. The average Bonchev–Trinajstić information content (AvgIpc) is 2.84. The van der Waals surface area contributed by atoms with Crippen molar-refractivity contribution in [2.24, 2.45) is 10.9 Å². The molecule has 1 aromatic carbocycles. The summed E-state index contributed by atoms with van der Waals surface area (Å²) in [6, 6.07) is 6.55. The number of oxime groups is 1. The van der Waals surface area contributed by atoms with Crippen LogP contribution in [0.5, 0.6) is 0 Å². The quantitative estimate of drug-likeness (QED) is 0.323. The van der Waals surface area contributed by atoms with Gasteiger partial charge in [-0.2, -0.15) is 0 Å². The lowest BCUT2D eigenvalue weighted by Gasteiger charge is -2.23. The van der Waals surface area contributed by atoms with Gasteiger partial charge in [0.15, 0.2) is 5.84 Å². The van der Waals surface area contributed by atoms with Gasteiger partial charge in [0.05, 0.1) is 12.1 Å². The lowest BCUT2D eigenvalue weighted by Crippen LogP contribution is -2.46. The molecule has 0 bridgehead atoms. The highest BCUT2D eigenvalue weighted by Crippen LogP contribution is 2.18. The van der Waals surface area contributed by atoms with E-state index < -0.39 is 0 Å². The van der Waals surface area contributed by atoms with Crippen LogP contribution in [0.15, 0.2) is 29.4 Å². The minimum absolute atomic E-state index is 0.0168. The Morgan fingerprint density at radius 3 is 2.58 bits per heavy atom. The molecule has 0 aromatic heterocycles. The first-order valence-corrected chi connectivity index (χ1v) is 6.02. The number of nitrogens with zero attached hydrogens (tertiary/aromatic N) is 1. The molecule has 0 radical (unpaired) electrons. The zero-order valence-electron chi connectivity index (χ0n) is 10.7. The second-order valence-electron chi connectivity index (χ2n) is 4.88. The predicted octanol–water partition coefficient (Wildman–Crippen LogP) is 0.690. The minimum atomic E-state index is -0.304. The van der Waals surface area contributed by atoms with E-state index in [2.05, 4.69) is 10.5 Å². The Bertz CT molecular complexity index is 490. The van der Waals surface area contributed by atoms with Crippen molar-refractivity contribution in [1.82, 2.24) is 5.32 Å². The van der Waals surface area contributed by atoms with Gasteiger partial charge in [0.25, 0.3) is 5.91 Å². The van der Waals surface area contributed by atoms with Crippen LogP contribution >= 0.6 is 0 Å². The van der Waals surface area contributed by atoms with Crippen molar-refractivity contribution in [3.05, 3.63) is 35.4 Å². The summed E-state index contributed by atoms with van der Waals surface area (Å²) in [7, 11) is 0. The number of benzene rings is 1. The zero-order valence-corrected chi connectivity index (χ0v) is 10.7. The van der Waals surface area contributed by atoms with Gasteiger partial charge in [-0.1, -0.05) is 17.3 Å². The Morgan fingerprint density at radius 1 is 1.42 bits per heavy atom. The fraction of sp³-hybridized carbons (Fsp3) is 0.385. The Hall–Kier alpha value is -2.08. The van der Waals surface area contributed by atoms with E-state index in [0.717, 1.165) is 6.42 Å². The van der Waals surface area contributed by atoms with Crippen molar-refractivity contribution >= 4 is 11.7 Å². The molecule has 0 spiro atoms. The second kappa shape index (κ2) is 5.27. The van der Waals surface area contributed by atoms with Crippen LogP contribution in [0, 0.1) is 0 Å². The van der Waals surface area contributed by atoms with Crippen LogP contribution in [-0.2, 0) is 4.74 Å². The molecule has 2 rings (SSSR count). The molecule has 1 atom stereocenters. The molecular formula is C13H17N3O3. The van der Waals surface area contributed by atoms with Gasteiger partial charge < -0.3 is 21.0 Å². The molecule has 19 heavy (non-hydrogen) atoms. The molecular weight excluding hydrogens is 246 g/mol. The molecule has 6 nitrogen and oxygen atoms in total. The molecule has 1 heterocycles. The molecule has 6 heteroatoms. The normalized spacial score (nSPS) is 23.3. The number of rotatable bonds is 3. The van der Waals surface area contributed by atoms with Crippen LogP contribution in [-0.4, -0.2) is 35.7 Å². The highest BCUT2D eigenvalue weighted by atomic mass is 16.5. The van der Waals surface area contributed by atoms with Crippen LogP contribution in [0.4, 0.5) is 0 Å². The van der Waals surface area contributed by atoms with Gasteiger partial charge in [-0.05, 0) is 25.5 Å². The molecule has 102 valence electrons. The zero-order chi connectivity index (χ0) is 13.9. The van der Waals surface area contributed by atoms with Crippen molar-refractivity contribution < 1.29 is 14.7 Å².